The number of carboxylic acid groups (broad SMARTS) is 1. The van der Waals surface area contributed by atoms with Crippen molar-refractivity contribution in [2.75, 3.05) is 5.32 Å². The Morgan fingerprint density at radius 1 is 1.39 bits per heavy atom. The predicted octanol–water partition coefficient (Wildman–Crippen LogP) is 1.12. The molecule has 0 aliphatic rings. The number of anilines is 1. The standard InChI is InChI=1S/C14H22N4O5/c1-14(2,3)23-13(22)16-9(5-6-10(19)20)11(21)17-12-15-7-8-18(12)4/h7-9H,5-6H2,1-4H3,(H,16,22)(H,19,20)(H,15,17,21)/t9-/m0/s1. The van der Waals surface area contributed by atoms with Crippen molar-refractivity contribution < 1.29 is 24.2 Å². The second-order valence-electron chi connectivity index (χ2n) is 5.98. The summed E-state index contributed by atoms with van der Waals surface area (Å²) in [6, 6.07) is -1.04. The van der Waals surface area contributed by atoms with E-state index in [4.69, 9.17) is 9.84 Å². The number of hydrogen-bond donors (Lipinski definition) is 3. The number of aryl methyl sites for hydroxylation is 1. The summed E-state index contributed by atoms with van der Waals surface area (Å²) in [7, 11) is 1.69. The maximum atomic E-state index is 12.2. The molecule has 1 atom stereocenters. The molecule has 0 unspecified atom stereocenters. The first kappa shape index (κ1) is 18.5. The van der Waals surface area contributed by atoms with Crippen molar-refractivity contribution in [1.82, 2.24) is 14.9 Å². The molecule has 0 aliphatic heterocycles. The van der Waals surface area contributed by atoms with Crippen molar-refractivity contribution in [3.8, 4) is 0 Å². The molecular weight excluding hydrogens is 304 g/mol. The highest BCUT2D eigenvalue weighted by atomic mass is 16.6. The van der Waals surface area contributed by atoms with Crippen LogP contribution in [0.1, 0.15) is 33.6 Å². The van der Waals surface area contributed by atoms with E-state index >= 15 is 0 Å². The number of rotatable bonds is 6. The highest BCUT2D eigenvalue weighted by Gasteiger charge is 2.25. The third-order valence-electron chi connectivity index (χ3n) is 2.71. The van der Waals surface area contributed by atoms with Crippen LogP contribution in [-0.4, -0.2) is 44.3 Å². The topological polar surface area (TPSA) is 123 Å². The number of aromatic nitrogens is 2. The van der Waals surface area contributed by atoms with Crippen LogP contribution >= 0.6 is 0 Å². The largest absolute Gasteiger partial charge is 0.481 e. The van der Waals surface area contributed by atoms with Gasteiger partial charge in [-0.2, -0.15) is 0 Å². The van der Waals surface area contributed by atoms with Gasteiger partial charge in [-0.25, -0.2) is 9.78 Å². The van der Waals surface area contributed by atoms with E-state index in [0.29, 0.717) is 5.95 Å². The molecule has 23 heavy (non-hydrogen) atoms. The molecule has 0 aromatic carbocycles. The first-order valence-corrected chi connectivity index (χ1v) is 7.08. The Hall–Kier alpha value is -2.58. The second kappa shape index (κ2) is 7.61. The number of ether oxygens (including phenoxy) is 1. The number of carboxylic acids is 1. The monoisotopic (exact) mass is 326 g/mol. The fourth-order valence-electron chi connectivity index (χ4n) is 1.67. The highest BCUT2D eigenvalue weighted by molar-refractivity contribution is 5.95. The quantitative estimate of drug-likeness (QED) is 0.720. The van der Waals surface area contributed by atoms with Gasteiger partial charge in [-0.05, 0) is 27.2 Å². The van der Waals surface area contributed by atoms with Gasteiger partial charge >= 0.3 is 12.1 Å². The van der Waals surface area contributed by atoms with Gasteiger partial charge in [-0.3, -0.25) is 14.9 Å². The third-order valence-corrected chi connectivity index (χ3v) is 2.71. The van der Waals surface area contributed by atoms with Gasteiger partial charge < -0.3 is 19.7 Å². The van der Waals surface area contributed by atoms with Crippen molar-refractivity contribution in [3.05, 3.63) is 12.4 Å². The molecule has 1 rings (SSSR count). The van der Waals surface area contributed by atoms with Gasteiger partial charge in [0.25, 0.3) is 0 Å². The number of amides is 2. The van der Waals surface area contributed by atoms with Gasteiger partial charge in [0, 0.05) is 25.9 Å². The number of hydrogen-bond acceptors (Lipinski definition) is 5. The summed E-state index contributed by atoms with van der Waals surface area (Å²) >= 11 is 0. The van der Waals surface area contributed by atoms with E-state index in [9.17, 15) is 14.4 Å². The lowest BCUT2D eigenvalue weighted by Crippen LogP contribution is -2.46. The third kappa shape index (κ3) is 6.81. The van der Waals surface area contributed by atoms with Gasteiger partial charge in [-0.1, -0.05) is 0 Å². The Kier molecular flexibility index (Phi) is 6.11. The molecule has 1 aromatic rings. The zero-order valence-electron chi connectivity index (χ0n) is 13.6. The van der Waals surface area contributed by atoms with Crippen LogP contribution in [0.15, 0.2) is 12.4 Å². The number of nitrogens with one attached hydrogen (secondary N) is 2. The summed E-state index contributed by atoms with van der Waals surface area (Å²) < 4.78 is 6.67. The molecule has 0 saturated heterocycles. The van der Waals surface area contributed by atoms with Crippen molar-refractivity contribution >= 4 is 23.9 Å². The maximum absolute atomic E-state index is 12.2. The minimum absolute atomic E-state index is 0.0647. The van der Waals surface area contributed by atoms with Gasteiger partial charge in [0.1, 0.15) is 11.6 Å². The highest BCUT2D eigenvalue weighted by Crippen LogP contribution is 2.09. The van der Waals surface area contributed by atoms with Crippen LogP contribution < -0.4 is 10.6 Å². The molecule has 9 heteroatoms. The normalized spacial score (nSPS) is 12.3. The van der Waals surface area contributed by atoms with E-state index in [1.807, 2.05) is 0 Å². The van der Waals surface area contributed by atoms with Gasteiger partial charge in [0.2, 0.25) is 11.9 Å². The van der Waals surface area contributed by atoms with Gasteiger partial charge in [-0.15, -0.1) is 0 Å². The average Bonchev–Trinajstić information content (AvgIpc) is 2.77. The second-order valence-corrected chi connectivity index (χ2v) is 5.98. The van der Waals surface area contributed by atoms with E-state index in [1.54, 1.807) is 38.6 Å². The molecule has 1 aromatic heterocycles. The molecule has 0 fully saturated rings. The predicted molar refractivity (Wildman–Crippen MR) is 81.9 cm³/mol. The molecule has 0 bridgehead atoms. The van der Waals surface area contributed by atoms with E-state index in [-0.39, 0.29) is 12.8 Å². The summed E-state index contributed by atoms with van der Waals surface area (Å²) in [6.07, 6.45) is 2.02. The Labute approximate surface area is 134 Å². The molecule has 2 amide bonds. The number of carbonyl (C=O) groups excluding carboxylic acids is 2. The van der Waals surface area contributed by atoms with Crippen LogP contribution in [0.2, 0.25) is 0 Å². The molecular formula is C14H22N4O5. The van der Waals surface area contributed by atoms with Gasteiger partial charge in [0.05, 0.1) is 0 Å². The van der Waals surface area contributed by atoms with E-state index in [0.717, 1.165) is 0 Å². The van der Waals surface area contributed by atoms with Crippen LogP contribution in [0.3, 0.4) is 0 Å². The first-order valence-electron chi connectivity index (χ1n) is 7.08. The molecule has 128 valence electrons. The number of carbonyl (C=O) groups is 3. The summed E-state index contributed by atoms with van der Waals surface area (Å²) in [4.78, 5) is 38.7. The molecule has 9 nitrogen and oxygen atoms in total. The fraction of sp³-hybridized carbons (Fsp3) is 0.571. The molecule has 0 saturated carbocycles. The van der Waals surface area contributed by atoms with Crippen LogP contribution in [0.25, 0.3) is 0 Å². The number of nitrogens with zero attached hydrogens (tertiary/aromatic N) is 2. The Morgan fingerprint density at radius 2 is 2.04 bits per heavy atom. The number of alkyl carbamates (subject to hydrolysis) is 1. The molecule has 3 N–H and O–H groups in total. The van der Waals surface area contributed by atoms with E-state index < -0.39 is 29.6 Å². The van der Waals surface area contributed by atoms with E-state index in [2.05, 4.69) is 15.6 Å². The number of imidazole rings is 1. The smallest absolute Gasteiger partial charge is 0.408 e. The Balaban J connectivity index is 2.74. The summed E-state index contributed by atoms with van der Waals surface area (Å²) in [5, 5.41) is 13.7. The van der Waals surface area contributed by atoms with Gasteiger partial charge in [0.15, 0.2) is 0 Å². The fourth-order valence-corrected chi connectivity index (χ4v) is 1.67. The SMILES string of the molecule is Cn1ccnc1NC(=O)[C@H](CCC(=O)O)NC(=O)OC(C)(C)C. The lowest BCUT2D eigenvalue weighted by molar-refractivity contribution is -0.137. The van der Waals surface area contributed by atoms with E-state index in [1.165, 1.54) is 6.20 Å². The summed E-state index contributed by atoms with van der Waals surface area (Å²) in [5.74, 6) is -1.33. The zero-order valence-corrected chi connectivity index (χ0v) is 13.6. The average molecular weight is 326 g/mol. The minimum Gasteiger partial charge on any atom is -0.481 e. The lowest BCUT2D eigenvalue weighted by atomic mass is 10.1. The summed E-state index contributed by atoms with van der Waals surface area (Å²) in [5.41, 5.74) is -0.725. The van der Waals surface area contributed by atoms with Crippen molar-refractivity contribution in [2.24, 2.45) is 7.05 Å². The van der Waals surface area contributed by atoms with Crippen molar-refractivity contribution in [3.63, 3.8) is 0 Å². The first-order chi connectivity index (χ1) is 10.6. The molecule has 1 heterocycles. The van der Waals surface area contributed by atoms with Crippen LogP contribution in [0, 0.1) is 0 Å². The molecule has 0 spiro atoms. The Morgan fingerprint density at radius 3 is 2.52 bits per heavy atom. The minimum atomic E-state index is -1.06. The maximum Gasteiger partial charge on any atom is 0.408 e. The Bertz CT molecular complexity index is 576. The zero-order chi connectivity index (χ0) is 17.6. The van der Waals surface area contributed by atoms with Crippen molar-refractivity contribution in [1.29, 1.82) is 0 Å². The lowest BCUT2D eigenvalue weighted by Gasteiger charge is -2.23. The van der Waals surface area contributed by atoms with Crippen molar-refractivity contribution in [2.45, 2.75) is 45.3 Å². The van der Waals surface area contributed by atoms with Crippen LogP contribution in [-0.2, 0) is 21.4 Å². The summed E-state index contributed by atoms with van der Waals surface area (Å²) in [6.45, 7) is 5.06. The van der Waals surface area contributed by atoms with Crippen LogP contribution in [0.4, 0.5) is 10.7 Å². The van der Waals surface area contributed by atoms with Crippen LogP contribution in [0.5, 0.6) is 0 Å². The molecule has 0 radical (unpaired) electrons. The molecule has 0 aliphatic carbocycles. The number of aliphatic carboxylic acids is 1.